The van der Waals surface area contributed by atoms with E-state index in [-0.39, 0.29) is 49.3 Å². The number of likely N-dealkylation sites (tertiary alicyclic amines) is 1. The fraction of sp³-hybridized carbons (Fsp3) is 0.408. The second-order valence-electron chi connectivity index (χ2n) is 18.8. The molecule has 5 atom stereocenters. The number of ether oxygens (including phenoxy) is 2. The monoisotopic (exact) mass is 1050 g/mol. The number of pyridine rings is 1. The Bertz CT molecular complexity index is 3020. The van der Waals surface area contributed by atoms with Crippen molar-refractivity contribution in [1.29, 1.82) is 0 Å². The highest BCUT2D eigenvalue weighted by atomic mass is 35.5. The van der Waals surface area contributed by atoms with Gasteiger partial charge in [-0.3, -0.25) is 28.7 Å². The van der Waals surface area contributed by atoms with Gasteiger partial charge in [-0.25, -0.2) is 18.4 Å². The van der Waals surface area contributed by atoms with Gasteiger partial charge in [0.15, 0.2) is 5.78 Å². The van der Waals surface area contributed by atoms with Gasteiger partial charge in [0.05, 0.1) is 47.3 Å². The molecule has 8 rings (SSSR count). The van der Waals surface area contributed by atoms with Crippen molar-refractivity contribution in [2.45, 2.75) is 89.0 Å². The summed E-state index contributed by atoms with van der Waals surface area (Å²) in [6.45, 7) is 9.96. The number of hydrogen-bond donors (Lipinski definition) is 1. The zero-order valence-corrected chi connectivity index (χ0v) is 40.9. The van der Waals surface area contributed by atoms with Crippen LogP contribution in [0.4, 0.5) is 26.3 Å². The van der Waals surface area contributed by atoms with E-state index in [4.69, 9.17) is 26.1 Å². The normalized spacial score (nSPS) is 20.7. The number of halogens is 7. The van der Waals surface area contributed by atoms with E-state index in [9.17, 15) is 53.9 Å². The average molecular weight is 1050 g/mol. The van der Waals surface area contributed by atoms with Gasteiger partial charge in [0.25, 0.3) is 0 Å². The molecule has 0 bridgehead atoms. The molecule has 5 aromatic rings. The predicted molar refractivity (Wildman–Crippen MR) is 252 cm³/mol. The Hall–Kier alpha value is -5.93. The third-order valence-corrected chi connectivity index (χ3v) is 15.7. The van der Waals surface area contributed by atoms with Crippen LogP contribution in [0.15, 0.2) is 84.9 Å². The van der Waals surface area contributed by atoms with Crippen molar-refractivity contribution in [2.24, 2.45) is 22.7 Å². The second-order valence-corrected chi connectivity index (χ2v) is 22.1. The molecule has 3 fully saturated rings. The standard InChI is InChI=1S/C45H47ClN4O7S2.C4F6O2/c1-6-29-21-45(29,43(53)49-59(54,55)32-14-15-32)22-38(51)37-19-31(57-41-34-18-30(46)13-16-33(34)39(56-5)23-47-41)24-50(37)42(52)35(44(2,3)4)20-40-48-36(25-58-40)28-12-11-26-9-7-8-10-27(26)17-28;5-3(6,7)1(11)2(12)4(8,9)10/h6-13,16-18,23,25,29,31-32,35,37H,1,14-15,19-22,24H2,2-5H3,(H,49,53);/t29-,31-,35-,37+,45-;/m1./s1. The first-order valence-corrected chi connectivity index (χ1v) is 24.9. The number of alkyl halides is 6. The molecule has 1 N–H and O–H groups in total. The first-order chi connectivity index (χ1) is 33.2. The number of rotatable bonds is 15. The number of carbonyl (C=O) groups is 5. The molecule has 3 aromatic carbocycles. The summed E-state index contributed by atoms with van der Waals surface area (Å²) in [5.74, 6) is -8.24. The number of Topliss-reactive ketones (excluding diaryl/α,β-unsaturated/α-hetero) is 3. The molecule has 13 nitrogen and oxygen atoms in total. The minimum absolute atomic E-state index is 0.0813. The number of ketones is 3. The third kappa shape index (κ3) is 11.7. The Labute approximate surface area is 413 Å². The molecular formula is C49H47ClF6N4O9S2. The molecule has 378 valence electrons. The van der Waals surface area contributed by atoms with Crippen LogP contribution in [0.25, 0.3) is 32.8 Å². The molecule has 2 saturated carbocycles. The lowest BCUT2D eigenvalue weighted by Crippen LogP contribution is -2.48. The lowest BCUT2D eigenvalue weighted by molar-refractivity contribution is -0.193. The molecule has 0 spiro atoms. The van der Waals surface area contributed by atoms with Gasteiger partial charge in [-0.05, 0) is 65.6 Å². The van der Waals surface area contributed by atoms with E-state index in [1.807, 2.05) is 50.4 Å². The van der Waals surface area contributed by atoms with Crippen LogP contribution >= 0.6 is 22.9 Å². The largest absolute Gasteiger partial charge is 0.494 e. The highest BCUT2D eigenvalue weighted by Crippen LogP contribution is 2.57. The maximum Gasteiger partial charge on any atom is 0.458 e. The lowest BCUT2D eigenvalue weighted by atomic mass is 9.77. The first-order valence-electron chi connectivity index (χ1n) is 22.1. The highest BCUT2D eigenvalue weighted by Gasteiger charge is 2.62. The van der Waals surface area contributed by atoms with Crippen molar-refractivity contribution >= 4 is 83.7 Å². The summed E-state index contributed by atoms with van der Waals surface area (Å²) >= 11 is 7.91. The van der Waals surface area contributed by atoms with Crippen molar-refractivity contribution in [1.82, 2.24) is 19.6 Å². The van der Waals surface area contributed by atoms with E-state index in [1.54, 1.807) is 36.4 Å². The number of methoxy groups -OCH3 is 1. The summed E-state index contributed by atoms with van der Waals surface area (Å²) in [5.41, 5.74) is -0.00302. The molecule has 2 aromatic heterocycles. The van der Waals surface area contributed by atoms with Gasteiger partial charge < -0.3 is 14.4 Å². The van der Waals surface area contributed by atoms with E-state index in [1.165, 1.54) is 11.3 Å². The minimum Gasteiger partial charge on any atom is -0.494 e. The molecular weight excluding hydrogens is 1000 g/mol. The molecule has 3 aliphatic rings. The first kappa shape index (κ1) is 52.9. The maximum absolute atomic E-state index is 15.0. The van der Waals surface area contributed by atoms with E-state index in [0.717, 1.165) is 32.4 Å². The molecule has 2 aliphatic carbocycles. The molecule has 2 amide bonds. The highest BCUT2D eigenvalue weighted by molar-refractivity contribution is 7.90. The van der Waals surface area contributed by atoms with Crippen LogP contribution in [0.1, 0.15) is 57.9 Å². The molecule has 0 unspecified atom stereocenters. The van der Waals surface area contributed by atoms with E-state index >= 15 is 4.79 Å². The van der Waals surface area contributed by atoms with E-state index in [0.29, 0.717) is 35.4 Å². The summed E-state index contributed by atoms with van der Waals surface area (Å²) in [6, 6.07) is 18.7. The van der Waals surface area contributed by atoms with Crippen molar-refractivity contribution in [3.05, 3.63) is 94.9 Å². The number of benzene rings is 3. The van der Waals surface area contributed by atoms with Crippen molar-refractivity contribution in [3.8, 4) is 22.9 Å². The number of nitrogens with zero attached hydrogens (tertiary/aromatic N) is 3. The Morgan fingerprint density at radius 3 is 2.21 bits per heavy atom. The Kier molecular flexibility index (Phi) is 14.8. The minimum atomic E-state index is -5.77. The Morgan fingerprint density at radius 2 is 1.62 bits per heavy atom. The van der Waals surface area contributed by atoms with Crippen LogP contribution in [0.5, 0.6) is 11.6 Å². The topological polar surface area (TPSA) is 179 Å². The summed E-state index contributed by atoms with van der Waals surface area (Å²) in [6.07, 6.45) is -7.54. The van der Waals surface area contributed by atoms with Gasteiger partial charge in [-0.2, -0.15) is 26.3 Å². The number of amides is 2. The van der Waals surface area contributed by atoms with Gasteiger partial charge in [0, 0.05) is 51.9 Å². The number of allylic oxidation sites excluding steroid dienone is 1. The molecule has 0 radical (unpaired) electrons. The molecule has 1 aliphatic heterocycles. The van der Waals surface area contributed by atoms with Crippen LogP contribution < -0.4 is 14.2 Å². The third-order valence-electron chi connectivity index (χ3n) is 12.8. The van der Waals surface area contributed by atoms with Crippen molar-refractivity contribution < 1.29 is 68.2 Å². The number of nitrogens with one attached hydrogen (secondary N) is 1. The molecule has 71 heavy (non-hydrogen) atoms. The predicted octanol–water partition coefficient (Wildman–Crippen LogP) is 9.44. The number of thiazole rings is 1. The number of fused-ring (bicyclic) bond motifs is 2. The lowest BCUT2D eigenvalue weighted by Gasteiger charge is -2.35. The molecule has 22 heteroatoms. The quantitative estimate of drug-likeness (QED) is 0.0600. The fourth-order valence-corrected chi connectivity index (χ4v) is 11.0. The van der Waals surface area contributed by atoms with Gasteiger partial charge in [0.2, 0.25) is 27.7 Å². The summed E-state index contributed by atoms with van der Waals surface area (Å²) in [7, 11) is -2.30. The second kappa shape index (κ2) is 19.9. The summed E-state index contributed by atoms with van der Waals surface area (Å²) in [5, 5.41) is 6.27. The van der Waals surface area contributed by atoms with Crippen LogP contribution in [0.2, 0.25) is 5.02 Å². The van der Waals surface area contributed by atoms with Gasteiger partial charge in [0.1, 0.15) is 11.9 Å². The average Bonchev–Trinajstić information content (AvgIpc) is 4.20. The van der Waals surface area contributed by atoms with Crippen molar-refractivity contribution in [3.63, 3.8) is 0 Å². The van der Waals surface area contributed by atoms with Crippen molar-refractivity contribution in [2.75, 3.05) is 13.7 Å². The van der Waals surface area contributed by atoms with Gasteiger partial charge in [-0.1, -0.05) is 74.8 Å². The maximum atomic E-state index is 15.0. The number of hydrogen-bond acceptors (Lipinski definition) is 12. The SMILES string of the molecule is C=C[C@@H]1C[C@]1(CC(=O)[C@@H]1C[C@@H](Oc2ncc(OC)c3ccc(Cl)cc23)CN1C(=O)[C@@H](Cc1nc(-c2ccc3ccccc3c2)cs1)C(C)(C)C)C(=O)NS(=O)(=O)C1CC1.O=C(C(=O)C(F)(F)F)C(F)(F)F. The Balaban J connectivity index is 0.000000547. The number of aromatic nitrogens is 2. The van der Waals surface area contributed by atoms with E-state index < -0.39 is 74.0 Å². The van der Waals surface area contributed by atoms with Crippen LogP contribution in [0, 0.1) is 22.7 Å². The zero-order chi connectivity index (χ0) is 52.0. The number of carbonyl (C=O) groups excluding carboxylic acids is 5. The number of sulfonamides is 1. The van der Waals surface area contributed by atoms with Gasteiger partial charge >= 0.3 is 23.9 Å². The fourth-order valence-electron chi connectivity index (χ4n) is 8.60. The summed E-state index contributed by atoms with van der Waals surface area (Å²) < 4.78 is 107. The molecule has 3 heterocycles. The summed E-state index contributed by atoms with van der Waals surface area (Å²) in [4.78, 5) is 73.8. The smallest absolute Gasteiger partial charge is 0.458 e. The van der Waals surface area contributed by atoms with Crippen LogP contribution in [-0.4, -0.2) is 95.9 Å². The van der Waals surface area contributed by atoms with E-state index in [2.05, 4.69) is 40.6 Å². The van der Waals surface area contributed by atoms with Crippen LogP contribution in [0.3, 0.4) is 0 Å². The van der Waals surface area contributed by atoms with Gasteiger partial charge in [-0.15, -0.1) is 17.9 Å². The zero-order valence-electron chi connectivity index (χ0n) is 38.5. The Morgan fingerprint density at radius 1 is 0.958 bits per heavy atom. The molecule has 1 saturated heterocycles. The van der Waals surface area contributed by atoms with Crippen LogP contribution in [-0.2, 0) is 40.4 Å².